The molecule has 1 unspecified atom stereocenters. The van der Waals surface area contributed by atoms with E-state index in [-0.39, 0.29) is 42.7 Å². The fourth-order valence-electron chi connectivity index (χ4n) is 4.91. The van der Waals surface area contributed by atoms with Crippen LogP contribution in [0.5, 0.6) is 17.2 Å². The number of hydrogen-bond acceptors (Lipinski definition) is 5. The predicted molar refractivity (Wildman–Crippen MR) is 140 cm³/mol. The van der Waals surface area contributed by atoms with E-state index in [1.54, 1.807) is 7.11 Å². The Balaban J connectivity index is 0.00000274. The van der Waals surface area contributed by atoms with Gasteiger partial charge >= 0.3 is 0 Å². The Morgan fingerprint density at radius 2 is 1.65 bits per heavy atom. The van der Waals surface area contributed by atoms with Crippen molar-refractivity contribution in [2.24, 2.45) is 4.99 Å². The number of methoxy groups -OCH3 is 1. The van der Waals surface area contributed by atoms with Crippen molar-refractivity contribution in [1.29, 1.82) is 0 Å². The molecule has 0 saturated carbocycles. The average Bonchev–Trinajstić information content (AvgIpc) is 3.30. The third kappa shape index (κ3) is 4.34. The summed E-state index contributed by atoms with van der Waals surface area (Å²) in [5.41, 5.74) is 3.87. The summed E-state index contributed by atoms with van der Waals surface area (Å²) in [6, 6.07) is 21.0. The van der Waals surface area contributed by atoms with Gasteiger partial charge in [-0.1, -0.05) is 60.7 Å². The lowest BCUT2D eigenvalue weighted by Gasteiger charge is -2.45. The number of fused-ring (bicyclic) bond motifs is 2. The molecule has 178 valence electrons. The molecule has 0 radical (unpaired) electrons. The normalized spacial score (nSPS) is 18.2. The van der Waals surface area contributed by atoms with E-state index in [1.165, 1.54) is 0 Å². The topological polar surface area (TPSA) is 63.1 Å². The first-order valence-electron chi connectivity index (χ1n) is 11.2. The van der Waals surface area contributed by atoms with Crippen LogP contribution in [0.15, 0.2) is 71.7 Å². The molecule has 3 aromatic rings. The van der Waals surface area contributed by atoms with Crippen molar-refractivity contribution in [3.8, 4) is 17.2 Å². The zero-order valence-corrected chi connectivity index (χ0v) is 21.9. The Hall–Kier alpha value is -2.78. The van der Waals surface area contributed by atoms with Crippen LogP contribution in [0.25, 0.3) is 0 Å². The molecule has 2 heterocycles. The highest BCUT2D eigenvalue weighted by atomic mass is 127. The third-order valence-electron chi connectivity index (χ3n) is 6.60. The van der Waals surface area contributed by atoms with Crippen molar-refractivity contribution in [1.82, 2.24) is 0 Å². The molecule has 2 aliphatic heterocycles. The van der Waals surface area contributed by atoms with Gasteiger partial charge in [0.25, 0.3) is 0 Å². The monoisotopic (exact) mass is 572 g/mol. The van der Waals surface area contributed by atoms with Crippen LogP contribution in [-0.2, 0) is 6.42 Å². The summed E-state index contributed by atoms with van der Waals surface area (Å²) in [7, 11) is 5.76. The average molecular weight is 572 g/mol. The number of benzene rings is 3. The lowest BCUT2D eigenvalue weighted by molar-refractivity contribution is -0.914. The predicted octanol–water partition coefficient (Wildman–Crippen LogP) is 4.26. The fraction of sp³-hybridized carbons (Fsp3) is 0.296. The number of aliphatic imine (C=N–C) groups is 1. The molecule has 2 aliphatic rings. The number of quaternary nitrogens is 1. The molecule has 34 heavy (non-hydrogen) atoms. The van der Waals surface area contributed by atoms with Crippen LogP contribution in [0.2, 0.25) is 0 Å². The highest BCUT2D eigenvalue weighted by Gasteiger charge is 2.41. The summed E-state index contributed by atoms with van der Waals surface area (Å²) in [6.45, 7) is 0.961. The summed E-state index contributed by atoms with van der Waals surface area (Å²) < 4.78 is 17.6. The maximum absolute atomic E-state index is 14.0. The molecule has 3 aromatic carbocycles. The van der Waals surface area contributed by atoms with Gasteiger partial charge in [-0.15, -0.1) is 24.0 Å². The second kappa shape index (κ2) is 9.84. The third-order valence-corrected chi connectivity index (χ3v) is 6.60. The van der Waals surface area contributed by atoms with Crippen molar-refractivity contribution < 1.29 is 23.8 Å². The summed E-state index contributed by atoms with van der Waals surface area (Å²) in [6.07, 6.45) is 0.819. The molecular formula is C27H29IN2O4. The highest BCUT2D eigenvalue weighted by Crippen LogP contribution is 2.50. The van der Waals surface area contributed by atoms with Crippen molar-refractivity contribution in [2.45, 2.75) is 18.5 Å². The lowest BCUT2D eigenvalue weighted by Crippen LogP contribution is -2.53. The minimum absolute atomic E-state index is 0. The zero-order valence-electron chi connectivity index (χ0n) is 19.6. The van der Waals surface area contributed by atoms with E-state index in [1.807, 2.05) is 66.7 Å². The van der Waals surface area contributed by atoms with Crippen molar-refractivity contribution >= 4 is 29.9 Å². The molecule has 0 bridgehead atoms. The minimum atomic E-state index is -0.506. The number of halogens is 1. The number of ether oxygens (including phenoxy) is 3. The van der Waals surface area contributed by atoms with E-state index in [4.69, 9.17) is 19.2 Å². The zero-order chi connectivity index (χ0) is 23.0. The van der Waals surface area contributed by atoms with Gasteiger partial charge in [-0.3, -0.25) is 4.99 Å². The Morgan fingerprint density at radius 1 is 1.03 bits per heavy atom. The van der Waals surface area contributed by atoms with Crippen LogP contribution >= 0.6 is 24.0 Å². The van der Waals surface area contributed by atoms with Crippen molar-refractivity contribution in [3.05, 3.63) is 89.0 Å². The van der Waals surface area contributed by atoms with E-state index in [2.05, 4.69) is 14.1 Å². The first-order chi connectivity index (χ1) is 16.0. The minimum Gasteiger partial charge on any atom is -0.858 e. The largest absolute Gasteiger partial charge is 0.858 e. The smallest absolute Gasteiger partial charge is 0.231 e. The Bertz CT molecular complexity index is 1140. The quantitative estimate of drug-likeness (QED) is 0.199. The van der Waals surface area contributed by atoms with Gasteiger partial charge in [0.15, 0.2) is 11.5 Å². The first-order valence-corrected chi connectivity index (χ1v) is 11.2. The maximum Gasteiger partial charge on any atom is 0.231 e. The molecule has 0 fully saturated rings. The Labute approximate surface area is 217 Å². The molecule has 6 nitrogen and oxygen atoms in total. The van der Waals surface area contributed by atoms with E-state index in [9.17, 15) is 5.11 Å². The first kappa shape index (κ1) is 24.3. The van der Waals surface area contributed by atoms with Gasteiger partial charge in [0, 0.05) is 12.3 Å². The second-order valence-corrected chi connectivity index (χ2v) is 9.06. The fourth-order valence-corrected chi connectivity index (χ4v) is 4.91. The molecule has 0 saturated heterocycles. The second-order valence-electron chi connectivity index (χ2n) is 9.06. The van der Waals surface area contributed by atoms with Gasteiger partial charge in [0.05, 0.1) is 39.4 Å². The molecule has 0 aliphatic carbocycles. The molecule has 0 amide bonds. The number of likely N-dealkylation sites (N-methyl/N-ethyl adjacent to an activating group) is 1. The summed E-state index contributed by atoms with van der Waals surface area (Å²) >= 11 is 0. The van der Waals surface area contributed by atoms with E-state index in [0.717, 1.165) is 35.2 Å². The SMILES string of the molecule is COc1c2c(cc3c1C(C([O-])=NC(c1ccccc1)c1ccccc1)[N+](C)(C)CC3)OCO2.I. The van der Waals surface area contributed by atoms with Crippen molar-refractivity contribution in [2.75, 3.05) is 34.5 Å². The maximum atomic E-state index is 14.0. The van der Waals surface area contributed by atoms with Crippen LogP contribution < -0.4 is 19.3 Å². The molecular weight excluding hydrogens is 543 g/mol. The summed E-state index contributed by atoms with van der Waals surface area (Å²) in [4.78, 5) is 4.82. The van der Waals surface area contributed by atoms with Gasteiger partial charge in [-0.2, -0.15) is 0 Å². The highest BCUT2D eigenvalue weighted by molar-refractivity contribution is 14.0. The van der Waals surface area contributed by atoms with Gasteiger partial charge in [-0.05, 0) is 22.8 Å². The molecule has 5 rings (SSSR count). The van der Waals surface area contributed by atoms with Crippen LogP contribution in [0.3, 0.4) is 0 Å². The van der Waals surface area contributed by atoms with Gasteiger partial charge in [0.2, 0.25) is 12.5 Å². The molecule has 0 aromatic heterocycles. The molecule has 0 spiro atoms. The van der Waals surface area contributed by atoms with Gasteiger partial charge in [-0.25, -0.2) is 0 Å². The van der Waals surface area contributed by atoms with Crippen LogP contribution in [0.4, 0.5) is 0 Å². The summed E-state index contributed by atoms with van der Waals surface area (Å²) in [5.74, 6) is 1.65. The standard InChI is InChI=1S/C27H28N2O4.HI/c1-29(2)15-14-20-16-21-25(33-17-32-21)26(31-3)22(20)24(29)27(30)28-23(18-10-6-4-7-11-18)19-12-8-5-9-13-19;/h4-13,16,23-24H,14-15,17H2,1-3H3;1H. The molecule has 1 atom stereocenters. The number of nitrogens with zero attached hydrogens (tertiary/aromatic N) is 2. The van der Waals surface area contributed by atoms with E-state index in [0.29, 0.717) is 21.7 Å². The Kier molecular flexibility index (Phi) is 7.04. The van der Waals surface area contributed by atoms with E-state index >= 15 is 0 Å². The number of hydrogen-bond donors (Lipinski definition) is 0. The van der Waals surface area contributed by atoms with Gasteiger partial charge < -0.3 is 23.8 Å². The van der Waals surface area contributed by atoms with Crippen LogP contribution in [0, 0.1) is 0 Å². The number of rotatable bonds is 5. The van der Waals surface area contributed by atoms with Crippen molar-refractivity contribution in [3.63, 3.8) is 0 Å². The van der Waals surface area contributed by atoms with E-state index < -0.39 is 6.04 Å². The van der Waals surface area contributed by atoms with Crippen LogP contribution in [-0.4, -0.2) is 44.9 Å². The Morgan fingerprint density at radius 3 is 2.24 bits per heavy atom. The molecule has 0 N–H and O–H groups in total. The molecule has 7 heteroatoms. The van der Waals surface area contributed by atoms with Gasteiger partial charge in [0.1, 0.15) is 6.04 Å². The van der Waals surface area contributed by atoms with Crippen LogP contribution in [0.1, 0.15) is 34.3 Å². The summed E-state index contributed by atoms with van der Waals surface area (Å²) in [5, 5.41) is 14.0. The lowest BCUT2D eigenvalue weighted by atomic mass is 9.89.